The van der Waals surface area contributed by atoms with Crippen molar-refractivity contribution in [2.24, 2.45) is 0 Å². The summed E-state index contributed by atoms with van der Waals surface area (Å²) in [7, 11) is 1.68. The first kappa shape index (κ1) is 17.0. The molecule has 0 radical (unpaired) electrons. The monoisotopic (exact) mass is 361 g/mol. The van der Waals surface area contributed by atoms with E-state index in [0.29, 0.717) is 6.61 Å². The minimum absolute atomic E-state index is 0.689. The predicted molar refractivity (Wildman–Crippen MR) is 98.4 cm³/mol. The van der Waals surface area contributed by atoms with Crippen molar-refractivity contribution >= 4 is 23.1 Å². The Morgan fingerprint density at radius 3 is 2.79 bits per heavy atom. The van der Waals surface area contributed by atoms with Gasteiger partial charge in [-0.15, -0.1) is 21.5 Å². The Bertz CT molecular complexity index is 772. The van der Waals surface area contributed by atoms with Crippen LogP contribution in [0.3, 0.4) is 0 Å². The lowest BCUT2D eigenvalue weighted by Crippen LogP contribution is -2.03. The lowest BCUT2D eigenvalue weighted by atomic mass is 10.3. The van der Waals surface area contributed by atoms with E-state index in [1.54, 1.807) is 30.2 Å². The summed E-state index contributed by atoms with van der Waals surface area (Å²) in [6.45, 7) is 3.41. The zero-order valence-corrected chi connectivity index (χ0v) is 15.3. The molecule has 0 amide bonds. The van der Waals surface area contributed by atoms with Gasteiger partial charge in [0.1, 0.15) is 5.75 Å². The van der Waals surface area contributed by atoms with Crippen LogP contribution in [0.25, 0.3) is 16.4 Å². The number of nitrogens with zero attached hydrogens (tertiary/aromatic N) is 3. The van der Waals surface area contributed by atoms with Crippen LogP contribution < -0.4 is 4.74 Å². The fourth-order valence-corrected chi connectivity index (χ4v) is 3.79. The Morgan fingerprint density at radius 2 is 2.04 bits per heavy atom. The molecule has 24 heavy (non-hydrogen) atoms. The number of rotatable bonds is 8. The molecule has 0 aliphatic heterocycles. The number of hydrogen-bond donors (Lipinski definition) is 0. The number of thiophene rings is 1. The molecular weight excluding hydrogens is 342 g/mol. The fraction of sp³-hybridized carbons (Fsp3) is 0.294. The summed E-state index contributed by atoms with van der Waals surface area (Å²) >= 11 is 3.28. The second-order valence-electron chi connectivity index (χ2n) is 4.84. The van der Waals surface area contributed by atoms with Crippen molar-refractivity contribution in [3.8, 4) is 22.1 Å². The van der Waals surface area contributed by atoms with Crippen molar-refractivity contribution in [1.29, 1.82) is 0 Å². The average molecular weight is 361 g/mol. The third-order valence-corrected chi connectivity index (χ3v) is 5.12. The van der Waals surface area contributed by atoms with Crippen molar-refractivity contribution in [3.63, 3.8) is 0 Å². The van der Waals surface area contributed by atoms with Gasteiger partial charge in [-0.1, -0.05) is 30.0 Å². The molecule has 1 aromatic carbocycles. The molecule has 0 N–H and O–H groups in total. The minimum atomic E-state index is 0.689. The van der Waals surface area contributed by atoms with Gasteiger partial charge < -0.3 is 9.47 Å². The molecule has 0 atom stereocenters. The zero-order chi connectivity index (χ0) is 16.8. The first-order chi connectivity index (χ1) is 11.8. The van der Waals surface area contributed by atoms with E-state index >= 15 is 0 Å². The van der Waals surface area contributed by atoms with E-state index in [-0.39, 0.29) is 0 Å². The number of hydrogen-bond acceptors (Lipinski definition) is 6. The Hall–Kier alpha value is -1.83. The Balaban J connectivity index is 2.01. The van der Waals surface area contributed by atoms with Gasteiger partial charge in [-0.2, -0.15) is 0 Å². The van der Waals surface area contributed by atoms with Crippen molar-refractivity contribution in [2.45, 2.75) is 12.1 Å². The van der Waals surface area contributed by atoms with Crippen LogP contribution in [0.1, 0.15) is 6.92 Å². The molecule has 5 nitrogen and oxygen atoms in total. The normalized spacial score (nSPS) is 10.9. The lowest BCUT2D eigenvalue weighted by molar-refractivity contribution is 0.164. The van der Waals surface area contributed by atoms with E-state index in [4.69, 9.17) is 9.47 Å². The van der Waals surface area contributed by atoms with Gasteiger partial charge in [0.2, 0.25) is 0 Å². The number of methoxy groups -OCH3 is 1. The van der Waals surface area contributed by atoms with Gasteiger partial charge in [0, 0.05) is 12.4 Å². The molecule has 0 unspecified atom stereocenters. The van der Waals surface area contributed by atoms with E-state index in [0.717, 1.165) is 39.7 Å². The summed E-state index contributed by atoms with van der Waals surface area (Å²) in [6, 6.07) is 12.0. The zero-order valence-electron chi connectivity index (χ0n) is 13.6. The quantitative estimate of drug-likeness (QED) is 0.446. The summed E-state index contributed by atoms with van der Waals surface area (Å²) in [5.74, 6) is 2.45. The van der Waals surface area contributed by atoms with Crippen LogP contribution in [0.15, 0.2) is 46.9 Å². The summed E-state index contributed by atoms with van der Waals surface area (Å²) < 4.78 is 13.0. The van der Waals surface area contributed by atoms with E-state index in [9.17, 15) is 0 Å². The highest BCUT2D eigenvalue weighted by atomic mass is 32.2. The third-order valence-electron chi connectivity index (χ3n) is 3.36. The average Bonchev–Trinajstić information content (AvgIpc) is 3.28. The topological polar surface area (TPSA) is 49.2 Å². The van der Waals surface area contributed by atoms with Crippen molar-refractivity contribution in [3.05, 3.63) is 41.8 Å². The summed E-state index contributed by atoms with van der Waals surface area (Å²) in [4.78, 5) is 1.07. The van der Waals surface area contributed by atoms with Crippen LogP contribution in [0.2, 0.25) is 0 Å². The molecule has 0 fully saturated rings. The molecule has 3 aromatic rings. The molecular formula is C17H19N3O2S2. The van der Waals surface area contributed by atoms with E-state index in [1.165, 1.54) is 0 Å². The lowest BCUT2D eigenvalue weighted by Gasteiger charge is -2.13. The van der Waals surface area contributed by atoms with Gasteiger partial charge in [0.05, 0.1) is 24.3 Å². The van der Waals surface area contributed by atoms with Crippen molar-refractivity contribution in [2.75, 3.05) is 26.1 Å². The van der Waals surface area contributed by atoms with Gasteiger partial charge in [-0.05, 0) is 30.5 Å². The van der Waals surface area contributed by atoms with Crippen LogP contribution in [0, 0.1) is 0 Å². The SMILES string of the molecule is CCOCCSc1nnc(-c2cccs2)n1-c1ccccc1OC. The molecule has 0 aliphatic carbocycles. The van der Waals surface area contributed by atoms with Gasteiger partial charge in [-0.25, -0.2) is 0 Å². The standard InChI is InChI=1S/C17H19N3O2S2/c1-3-22-10-12-24-17-19-18-16(15-9-6-11-23-15)20(17)13-7-4-5-8-14(13)21-2/h4-9,11H,3,10,12H2,1-2H3. The maximum Gasteiger partial charge on any atom is 0.196 e. The van der Waals surface area contributed by atoms with E-state index in [1.807, 2.05) is 42.6 Å². The molecule has 0 aliphatic rings. The third kappa shape index (κ3) is 3.63. The van der Waals surface area contributed by atoms with Gasteiger partial charge in [-0.3, -0.25) is 4.57 Å². The number of para-hydroxylation sites is 2. The molecule has 2 heterocycles. The second-order valence-corrected chi connectivity index (χ2v) is 6.85. The molecule has 126 valence electrons. The number of thioether (sulfide) groups is 1. The maximum absolute atomic E-state index is 5.53. The van der Waals surface area contributed by atoms with E-state index < -0.39 is 0 Å². The number of ether oxygens (including phenoxy) is 2. The number of benzene rings is 1. The molecule has 7 heteroatoms. The molecule has 2 aromatic heterocycles. The first-order valence-corrected chi connectivity index (χ1v) is 9.55. The Morgan fingerprint density at radius 1 is 1.17 bits per heavy atom. The molecule has 0 bridgehead atoms. The predicted octanol–water partition coefficient (Wildman–Crippen LogP) is 4.13. The summed E-state index contributed by atoms with van der Waals surface area (Å²) in [5, 5.41) is 11.7. The highest BCUT2D eigenvalue weighted by Crippen LogP contribution is 2.33. The van der Waals surface area contributed by atoms with E-state index in [2.05, 4.69) is 20.8 Å². The van der Waals surface area contributed by atoms with Gasteiger partial charge in [0.15, 0.2) is 11.0 Å². The molecule has 3 rings (SSSR count). The minimum Gasteiger partial charge on any atom is -0.495 e. The molecule has 0 saturated carbocycles. The Labute approximate surface area is 149 Å². The van der Waals surface area contributed by atoms with Crippen LogP contribution in [-0.4, -0.2) is 40.8 Å². The van der Waals surface area contributed by atoms with Crippen LogP contribution >= 0.6 is 23.1 Å². The Kier molecular flexibility index (Phi) is 5.90. The summed E-state index contributed by atoms with van der Waals surface area (Å²) in [5.41, 5.74) is 0.937. The molecule has 0 saturated heterocycles. The highest BCUT2D eigenvalue weighted by Gasteiger charge is 2.19. The maximum atomic E-state index is 5.53. The number of aromatic nitrogens is 3. The van der Waals surface area contributed by atoms with Crippen LogP contribution in [-0.2, 0) is 4.74 Å². The highest BCUT2D eigenvalue weighted by molar-refractivity contribution is 7.99. The van der Waals surface area contributed by atoms with Gasteiger partial charge in [0.25, 0.3) is 0 Å². The smallest absolute Gasteiger partial charge is 0.196 e. The first-order valence-electron chi connectivity index (χ1n) is 7.68. The largest absolute Gasteiger partial charge is 0.495 e. The van der Waals surface area contributed by atoms with Crippen molar-refractivity contribution in [1.82, 2.24) is 14.8 Å². The van der Waals surface area contributed by atoms with Crippen molar-refractivity contribution < 1.29 is 9.47 Å². The fourth-order valence-electron chi connectivity index (χ4n) is 2.30. The van der Waals surface area contributed by atoms with Gasteiger partial charge >= 0.3 is 0 Å². The van der Waals surface area contributed by atoms with Crippen LogP contribution in [0.4, 0.5) is 0 Å². The summed E-state index contributed by atoms with van der Waals surface area (Å²) in [6.07, 6.45) is 0. The van der Waals surface area contributed by atoms with Crippen LogP contribution in [0.5, 0.6) is 5.75 Å². The second kappa shape index (κ2) is 8.32. The molecule has 0 spiro atoms.